The third kappa shape index (κ3) is 2.76. The van der Waals surface area contributed by atoms with Gasteiger partial charge in [-0.2, -0.15) is 0 Å². The van der Waals surface area contributed by atoms with E-state index in [1.165, 1.54) is 12.4 Å². The number of aromatic nitrogens is 2. The van der Waals surface area contributed by atoms with Crippen molar-refractivity contribution in [2.24, 2.45) is 5.41 Å². The van der Waals surface area contributed by atoms with Crippen molar-refractivity contribution in [3.05, 3.63) is 23.8 Å². The number of carbonyl (C=O) groups is 1. The summed E-state index contributed by atoms with van der Waals surface area (Å²) in [6.07, 6.45) is 2.79. The first-order valence-electron chi connectivity index (χ1n) is 6.19. The monoisotopic (exact) mass is 266 g/mol. The number of carboxylic acid groups (broad SMARTS) is 1. The second-order valence-electron chi connectivity index (χ2n) is 6.81. The average molecular weight is 266 g/mol. The van der Waals surface area contributed by atoms with Gasteiger partial charge in [-0.05, 0) is 0 Å². The van der Waals surface area contributed by atoms with Gasteiger partial charge in [0.05, 0.1) is 0 Å². The number of rotatable bonds is 2. The molecule has 1 rings (SSSR count). The summed E-state index contributed by atoms with van der Waals surface area (Å²) in [5, 5.41) is 19.9. The summed E-state index contributed by atoms with van der Waals surface area (Å²) < 4.78 is 0. The zero-order valence-corrected chi connectivity index (χ0v) is 12.4. The van der Waals surface area contributed by atoms with Gasteiger partial charge in [0.25, 0.3) is 0 Å². The van der Waals surface area contributed by atoms with E-state index in [0.29, 0.717) is 5.82 Å². The highest BCUT2D eigenvalue weighted by Gasteiger charge is 2.49. The third-order valence-corrected chi connectivity index (χ3v) is 3.14. The summed E-state index contributed by atoms with van der Waals surface area (Å²) >= 11 is 0. The lowest BCUT2D eigenvalue weighted by atomic mass is 9.73. The van der Waals surface area contributed by atoms with Gasteiger partial charge in [-0.25, -0.2) is 14.8 Å². The molecule has 2 N–H and O–H groups in total. The first kappa shape index (κ1) is 15.6. The predicted octanol–water partition coefficient (Wildman–Crippen LogP) is 2.09. The molecule has 1 unspecified atom stereocenters. The molecule has 0 saturated carbocycles. The van der Waals surface area contributed by atoms with Crippen LogP contribution >= 0.6 is 0 Å². The fraction of sp³-hybridized carbons (Fsp3) is 0.643. The molecule has 0 spiro atoms. The van der Waals surface area contributed by atoms with Crippen molar-refractivity contribution in [2.45, 2.75) is 52.6 Å². The number of aliphatic hydroxyl groups is 1. The Balaban J connectivity index is 3.32. The SMILES string of the molecule is CC(C)(C)c1ncc(C(O)(C(=O)O)C(C)(C)C)cn1. The zero-order valence-electron chi connectivity index (χ0n) is 12.4. The largest absolute Gasteiger partial charge is 0.479 e. The van der Waals surface area contributed by atoms with Crippen LogP contribution in [-0.4, -0.2) is 26.2 Å². The van der Waals surface area contributed by atoms with Crippen molar-refractivity contribution in [3.63, 3.8) is 0 Å². The minimum atomic E-state index is -2.01. The summed E-state index contributed by atoms with van der Waals surface area (Å²) in [4.78, 5) is 19.8. The van der Waals surface area contributed by atoms with Crippen LogP contribution in [0.15, 0.2) is 12.4 Å². The molecule has 0 aliphatic rings. The lowest BCUT2D eigenvalue weighted by Gasteiger charge is -2.36. The van der Waals surface area contributed by atoms with E-state index >= 15 is 0 Å². The second kappa shape index (κ2) is 4.56. The van der Waals surface area contributed by atoms with Gasteiger partial charge in [0.2, 0.25) is 0 Å². The summed E-state index contributed by atoms with van der Waals surface area (Å²) in [6, 6.07) is 0. The number of carboxylic acids is 1. The summed E-state index contributed by atoms with van der Waals surface area (Å²) in [7, 11) is 0. The first-order valence-corrected chi connectivity index (χ1v) is 6.19. The predicted molar refractivity (Wildman–Crippen MR) is 71.7 cm³/mol. The third-order valence-electron chi connectivity index (χ3n) is 3.14. The van der Waals surface area contributed by atoms with Crippen molar-refractivity contribution < 1.29 is 15.0 Å². The average Bonchev–Trinajstić information content (AvgIpc) is 2.25. The van der Waals surface area contributed by atoms with Gasteiger partial charge in [-0.1, -0.05) is 41.5 Å². The number of hydrogen-bond donors (Lipinski definition) is 2. The Morgan fingerprint density at radius 3 is 1.74 bits per heavy atom. The Morgan fingerprint density at radius 1 is 1.05 bits per heavy atom. The van der Waals surface area contributed by atoms with E-state index in [9.17, 15) is 15.0 Å². The summed E-state index contributed by atoms with van der Waals surface area (Å²) in [5.41, 5.74) is -2.91. The molecule has 1 aromatic rings. The molecule has 0 aliphatic carbocycles. The molecule has 0 saturated heterocycles. The Bertz CT molecular complexity index is 469. The fourth-order valence-corrected chi connectivity index (χ4v) is 1.78. The van der Waals surface area contributed by atoms with Gasteiger partial charge in [-0.3, -0.25) is 0 Å². The zero-order chi connectivity index (χ0) is 15.1. The van der Waals surface area contributed by atoms with Crippen LogP contribution in [-0.2, 0) is 15.8 Å². The lowest BCUT2D eigenvalue weighted by Crippen LogP contribution is -2.47. The highest BCUT2D eigenvalue weighted by molar-refractivity contribution is 5.80. The molecule has 5 heteroatoms. The van der Waals surface area contributed by atoms with Crippen molar-refractivity contribution in [3.8, 4) is 0 Å². The van der Waals surface area contributed by atoms with Crippen molar-refractivity contribution in [1.82, 2.24) is 9.97 Å². The molecule has 0 amide bonds. The fourth-order valence-electron chi connectivity index (χ4n) is 1.78. The summed E-state index contributed by atoms with van der Waals surface area (Å²) in [6.45, 7) is 10.9. The van der Waals surface area contributed by atoms with E-state index in [2.05, 4.69) is 9.97 Å². The van der Waals surface area contributed by atoms with Crippen LogP contribution in [0.1, 0.15) is 52.9 Å². The second-order valence-corrected chi connectivity index (χ2v) is 6.81. The van der Waals surface area contributed by atoms with Crippen LogP contribution in [0.25, 0.3) is 0 Å². The number of aliphatic carboxylic acids is 1. The van der Waals surface area contributed by atoms with E-state index in [1.54, 1.807) is 20.8 Å². The van der Waals surface area contributed by atoms with Gasteiger partial charge in [0.1, 0.15) is 5.82 Å². The molecule has 19 heavy (non-hydrogen) atoms. The van der Waals surface area contributed by atoms with Crippen LogP contribution in [0.4, 0.5) is 0 Å². The van der Waals surface area contributed by atoms with Crippen LogP contribution < -0.4 is 0 Å². The highest BCUT2D eigenvalue weighted by atomic mass is 16.4. The Kier molecular flexibility index (Phi) is 3.74. The van der Waals surface area contributed by atoms with Gasteiger partial charge in [-0.15, -0.1) is 0 Å². The van der Waals surface area contributed by atoms with E-state index in [-0.39, 0.29) is 11.0 Å². The quantitative estimate of drug-likeness (QED) is 0.856. The normalized spacial score (nSPS) is 15.9. The molecule has 0 aliphatic heterocycles. The molecule has 0 bridgehead atoms. The molecule has 1 atom stereocenters. The van der Waals surface area contributed by atoms with E-state index in [0.717, 1.165) is 0 Å². The Hall–Kier alpha value is -1.49. The maximum atomic E-state index is 11.4. The number of hydrogen-bond acceptors (Lipinski definition) is 4. The first-order chi connectivity index (χ1) is 8.40. The Morgan fingerprint density at radius 2 is 1.47 bits per heavy atom. The van der Waals surface area contributed by atoms with Crippen LogP contribution in [0.5, 0.6) is 0 Å². The minimum absolute atomic E-state index is 0.195. The van der Waals surface area contributed by atoms with Gasteiger partial charge in [0, 0.05) is 28.8 Å². The van der Waals surface area contributed by atoms with Crippen molar-refractivity contribution >= 4 is 5.97 Å². The smallest absolute Gasteiger partial charge is 0.341 e. The van der Waals surface area contributed by atoms with Crippen molar-refractivity contribution in [2.75, 3.05) is 0 Å². The van der Waals surface area contributed by atoms with Crippen molar-refractivity contribution in [1.29, 1.82) is 0 Å². The van der Waals surface area contributed by atoms with Gasteiger partial charge >= 0.3 is 5.97 Å². The molecule has 5 nitrogen and oxygen atoms in total. The lowest BCUT2D eigenvalue weighted by molar-refractivity contribution is -0.173. The standard InChI is InChI=1S/C14H22N2O3/c1-12(2,3)10-15-7-9(8-16-10)14(19,11(17)18)13(4,5)6/h7-8,19H,1-6H3,(H,17,18). The van der Waals surface area contributed by atoms with Gasteiger partial charge < -0.3 is 10.2 Å². The number of nitrogens with zero attached hydrogens (tertiary/aromatic N) is 2. The molecule has 0 aromatic carbocycles. The highest BCUT2D eigenvalue weighted by Crippen LogP contribution is 2.39. The molecule has 106 valence electrons. The van der Waals surface area contributed by atoms with Crippen LogP contribution in [0.3, 0.4) is 0 Å². The van der Waals surface area contributed by atoms with Gasteiger partial charge in [0.15, 0.2) is 5.60 Å². The van der Waals surface area contributed by atoms with Crippen LogP contribution in [0, 0.1) is 5.41 Å². The maximum Gasteiger partial charge on any atom is 0.341 e. The maximum absolute atomic E-state index is 11.4. The molecular weight excluding hydrogens is 244 g/mol. The molecule has 0 radical (unpaired) electrons. The minimum Gasteiger partial charge on any atom is -0.479 e. The van der Waals surface area contributed by atoms with E-state index < -0.39 is 17.0 Å². The van der Waals surface area contributed by atoms with E-state index in [1.807, 2.05) is 20.8 Å². The van der Waals surface area contributed by atoms with Crippen LogP contribution in [0.2, 0.25) is 0 Å². The van der Waals surface area contributed by atoms with E-state index in [4.69, 9.17) is 0 Å². The topological polar surface area (TPSA) is 83.3 Å². The molecular formula is C14H22N2O3. The molecule has 0 fully saturated rings. The summed E-state index contributed by atoms with van der Waals surface area (Å²) in [5.74, 6) is -0.690. The molecule has 1 aromatic heterocycles. The molecule has 1 heterocycles. The Labute approximate surface area is 113 Å².